The number of anilines is 1. The van der Waals surface area contributed by atoms with Gasteiger partial charge in [-0.15, -0.1) is 11.8 Å². The minimum absolute atomic E-state index is 0.607. The molecule has 0 saturated heterocycles. The van der Waals surface area contributed by atoms with Crippen LogP contribution in [0.4, 0.5) is 5.69 Å². The van der Waals surface area contributed by atoms with Crippen LogP contribution in [-0.2, 0) is 5.75 Å². The normalized spacial score (nSPS) is 13.0. The quantitative estimate of drug-likeness (QED) is 0.693. The van der Waals surface area contributed by atoms with Crippen molar-refractivity contribution >= 4 is 17.4 Å². The average Bonchev–Trinajstić information content (AvgIpc) is 2.53. The molecule has 2 aromatic carbocycles. The van der Waals surface area contributed by atoms with Crippen LogP contribution in [0.15, 0.2) is 41.3 Å². The van der Waals surface area contributed by atoms with Gasteiger partial charge in [-0.2, -0.15) is 0 Å². The Bertz CT molecular complexity index is 645. The van der Waals surface area contributed by atoms with Crippen molar-refractivity contribution in [3.63, 3.8) is 0 Å². The number of nitrogen functional groups attached to an aromatic ring is 1. The number of rotatable bonds is 4. The van der Waals surface area contributed by atoms with E-state index in [-0.39, 0.29) is 0 Å². The van der Waals surface area contributed by atoms with Crippen LogP contribution in [0.5, 0.6) is 17.2 Å². The molecule has 1 aliphatic rings. The SMILES string of the molecule is COc1ccc(CSc2ccc3c(c2)OCCO3)cc1N. The van der Waals surface area contributed by atoms with Crippen molar-refractivity contribution in [2.75, 3.05) is 26.1 Å². The minimum atomic E-state index is 0.607. The summed E-state index contributed by atoms with van der Waals surface area (Å²) in [7, 11) is 1.62. The van der Waals surface area contributed by atoms with E-state index >= 15 is 0 Å². The fourth-order valence-electron chi connectivity index (χ4n) is 2.15. The van der Waals surface area contributed by atoms with Gasteiger partial charge in [-0.3, -0.25) is 0 Å². The monoisotopic (exact) mass is 303 g/mol. The molecule has 0 bridgehead atoms. The second-order valence-corrected chi connectivity index (χ2v) is 5.72. The van der Waals surface area contributed by atoms with Crippen LogP contribution < -0.4 is 19.9 Å². The lowest BCUT2D eigenvalue weighted by molar-refractivity contribution is 0.171. The van der Waals surface area contributed by atoms with E-state index in [2.05, 4.69) is 0 Å². The molecule has 2 aromatic rings. The van der Waals surface area contributed by atoms with E-state index in [0.717, 1.165) is 27.7 Å². The van der Waals surface area contributed by atoms with Crippen molar-refractivity contribution < 1.29 is 14.2 Å². The molecule has 110 valence electrons. The maximum absolute atomic E-state index is 5.92. The van der Waals surface area contributed by atoms with E-state index < -0.39 is 0 Å². The molecule has 0 aromatic heterocycles. The van der Waals surface area contributed by atoms with Crippen LogP contribution in [0.25, 0.3) is 0 Å². The van der Waals surface area contributed by atoms with Crippen LogP contribution in [0.3, 0.4) is 0 Å². The second-order valence-electron chi connectivity index (χ2n) is 4.67. The first-order valence-electron chi connectivity index (χ1n) is 6.71. The number of thioether (sulfide) groups is 1. The van der Waals surface area contributed by atoms with Crippen LogP contribution in [0.1, 0.15) is 5.56 Å². The molecule has 0 amide bonds. The topological polar surface area (TPSA) is 53.7 Å². The molecular weight excluding hydrogens is 286 g/mol. The Balaban J connectivity index is 1.68. The summed E-state index contributed by atoms with van der Waals surface area (Å²) in [6.45, 7) is 1.22. The maximum atomic E-state index is 5.92. The Morgan fingerprint density at radius 1 is 1.10 bits per heavy atom. The smallest absolute Gasteiger partial charge is 0.162 e. The largest absolute Gasteiger partial charge is 0.495 e. The van der Waals surface area contributed by atoms with E-state index in [9.17, 15) is 0 Å². The predicted octanol–water partition coefficient (Wildman–Crippen LogP) is 3.34. The van der Waals surface area contributed by atoms with Crippen molar-refractivity contribution in [3.8, 4) is 17.2 Å². The molecule has 0 aliphatic carbocycles. The summed E-state index contributed by atoms with van der Waals surface area (Å²) in [6, 6.07) is 11.9. The Hall–Kier alpha value is -2.01. The highest BCUT2D eigenvalue weighted by atomic mass is 32.2. The Labute approximate surface area is 128 Å². The minimum Gasteiger partial charge on any atom is -0.495 e. The van der Waals surface area contributed by atoms with Crippen LogP contribution in [0.2, 0.25) is 0 Å². The number of hydrogen-bond acceptors (Lipinski definition) is 5. The first-order valence-corrected chi connectivity index (χ1v) is 7.69. The fraction of sp³-hybridized carbons (Fsp3) is 0.250. The standard InChI is InChI=1S/C16H17NO3S/c1-18-14-4-2-11(8-13(14)17)10-21-12-3-5-15-16(9-12)20-7-6-19-15/h2-5,8-9H,6-7,10,17H2,1H3. The summed E-state index contributed by atoms with van der Waals surface area (Å²) in [5.41, 5.74) is 7.75. The second kappa shape index (κ2) is 6.18. The zero-order valence-electron chi connectivity index (χ0n) is 11.8. The lowest BCUT2D eigenvalue weighted by Gasteiger charge is -2.18. The van der Waals surface area contributed by atoms with Crippen molar-refractivity contribution in [2.24, 2.45) is 0 Å². The Morgan fingerprint density at radius 2 is 1.90 bits per heavy atom. The zero-order chi connectivity index (χ0) is 14.7. The molecule has 21 heavy (non-hydrogen) atoms. The summed E-state index contributed by atoms with van der Waals surface area (Å²) in [5, 5.41) is 0. The van der Waals surface area contributed by atoms with Crippen LogP contribution in [-0.4, -0.2) is 20.3 Å². The third-order valence-corrected chi connectivity index (χ3v) is 4.28. The van der Waals surface area contributed by atoms with E-state index in [0.29, 0.717) is 24.7 Å². The summed E-state index contributed by atoms with van der Waals surface area (Å²) in [5.74, 6) is 3.19. The first kappa shape index (κ1) is 13.9. The van der Waals surface area contributed by atoms with E-state index in [1.807, 2.05) is 36.4 Å². The van der Waals surface area contributed by atoms with Crippen molar-refractivity contribution in [1.29, 1.82) is 0 Å². The molecule has 0 spiro atoms. The molecular formula is C16H17NO3S. The summed E-state index contributed by atoms with van der Waals surface area (Å²) in [4.78, 5) is 1.15. The maximum Gasteiger partial charge on any atom is 0.162 e. The molecule has 0 atom stereocenters. The Kier molecular flexibility index (Phi) is 4.10. The highest BCUT2D eigenvalue weighted by molar-refractivity contribution is 7.98. The number of nitrogens with two attached hydrogens (primary N) is 1. The summed E-state index contributed by atoms with van der Waals surface area (Å²) >= 11 is 1.74. The molecule has 1 heterocycles. The number of fused-ring (bicyclic) bond motifs is 1. The number of ether oxygens (including phenoxy) is 3. The molecule has 0 radical (unpaired) electrons. The third-order valence-electron chi connectivity index (χ3n) is 3.21. The third kappa shape index (κ3) is 3.19. The lowest BCUT2D eigenvalue weighted by atomic mass is 10.2. The Morgan fingerprint density at radius 3 is 2.67 bits per heavy atom. The number of benzene rings is 2. The first-order chi connectivity index (χ1) is 10.3. The fourth-order valence-corrected chi connectivity index (χ4v) is 3.02. The molecule has 0 saturated carbocycles. The van der Waals surface area contributed by atoms with Crippen molar-refractivity contribution in [2.45, 2.75) is 10.6 Å². The zero-order valence-corrected chi connectivity index (χ0v) is 12.6. The van der Waals surface area contributed by atoms with E-state index in [4.69, 9.17) is 19.9 Å². The molecule has 4 nitrogen and oxygen atoms in total. The average molecular weight is 303 g/mol. The van der Waals surface area contributed by atoms with Gasteiger partial charge >= 0.3 is 0 Å². The van der Waals surface area contributed by atoms with Gasteiger partial charge in [-0.1, -0.05) is 6.07 Å². The van der Waals surface area contributed by atoms with Gasteiger partial charge in [-0.05, 0) is 35.9 Å². The van der Waals surface area contributed by atoms with Gasteiger partial charge in [0, 0.05) is 10.6 Å². The van der Waals surface area contributed by atoms with Gasteiger partial charge in [0.25, 0.3) is 0 Å². The van der Waals surface area contributed by atoms with E-state index in [1.54, 1.807) is 18.9 Å². The summed E-state index contributed by atoms with van der Waals surface area (Å²) in [6.07, 6.45) is 0. The van der Waals surface area contributed by atoms with Crippen molar-refractivity contribution in [1.82, 2.24) is 0 Å². The van der Waals surface area contributed by atoms with Crippen molar-refractivity contribution in [3.05, 3.63) is 42.0 Å². The lowest BCUT2D eigenvalue weighted by Crippen LogP contribution is -2.15. The van der Waals surface area contributed by atoms with Gasteiger partial charge in [0.15, 0.2) is 11.5 Å². The van der Waals surface area contributed by atoms with Crippen LogP contribution in [0, 0.1) is 0 Å². The van der Waals surface area contributed by atoms with Gasteiger partial charge in [-0.25, -0.2) is 0 Å². The molecule has 0 fully saturated rings. The van der Waals surface area contributed by atoms with Gasteiger partial charge in [0.1, 0.15) is 19.0 Å². The van der Waals surface area contributed by atoms with E-state index in [1.165, 1.54) is 0 Å². The molecule has 2 N–H and O–H groups in total. The van der Waals surface area contributed by atoms with Gasteiger partial charge in [0.2, 0.25) is 0 Å². The van der Waals surface area contributed by atoms with Gasteiger partial charge in [0.05, 0.1) is 12.8 Å². The molecule has 3 rings (SSSR count). The molecule has 1 aliphatic heterocycles. The highest BCUT2D eigenvalue weighted by Gasteiger charge is 2.12. The number of methoxy groups -OCH3 is 1. The predicted molar refractivity (Wildman–Crippen MR) is 84.4 cm³/mol. The number of hydrogen-bond donors (Lipinski definition) is 1. The highest BCUT2D eigenvalue weighted by Crippen LogP contribution is 2.35. The molecule has 5 heteroatoms. The molecule has 0 unspecified atom stereocenters. The summed E-state index contributed by atoms with van der Waals surface area (Å²) < 4.78 is 16.3. The van der Waals surface area contributed by atoms with Crippen LogP contribution >= 0.6 is 11.8 Å². The van der Waals surface area contributed by atoms with Gasteiger partial charge < -0.3 is 19.9 Å².